The summed E-state index contributed by atoms with van der Waals surface area (Å²) in [4.78, 5) is 0. The van der Waals surface area contributed by atoms with Crippen LogP contribution in [0.2, 0.25) is 12.0 Å². The zero-order chi connectivity index (χ0) is 6.08. The average molecular weight is 114 g/mol. The van der Waals surface area contributed by atoms with Gasteiger partial charge in [0.2, 0.25) is 6.13 Å². The van der Waals surface area contributed by atoms with Gasteiger partial charge in [-0.25, -0.2) is 0 Å². The van der Waals surface area contributed by atoms with Gasteiger partial charge in [0.1, 0.15) is 0 Å². The van der Waals surface area contributed by atoms with Crippen molar-refractivity contribution in [3.8, 4) is 0 Å². The molecule has 0 aromatic heterocycles. The zero-order valence-electron chi connectivity index (χ0n) is 5.03. The van der Waals surface area contributed by atoms with E-state index in [1.54, 1.807) is 0 Å². The fourth-order valence-electron chi connectivity index (χ4n) is 0. The first-order valence-electron chi connectivity index (χ1n) is 2.37. The summed E-state index contributed by atoms with van der Waals surface area (Å²) in [6.45, 7) is 5.71. The minimum absolute atomic E-state index is 0.0486. The second-order valence-electron chi connectivity index (χ2n) is 2.44. The smallest absolute Gasteiger partial charge is 0.196 e. The fraction of sp³-hybridized carbons (Fsp3) is 1.00. The van der Waals surface area contributed by atoms with Crippen LogP contribution in [0.5, 0.6) is 0 Å². The van der Waals surface area contributed by atoms with Crippen LogP contribution in [0.25, 0.3) is 0 Å². The van der Waals surface area contributed by atoms with E-state index >= 15 is 0 Å². The van der Waals surface area contributed by atoms with E-state index in [1.807, 2.05) is 20.7 Å². The summed E-state index contributed by atoms with van der Waals surface area (Å²) in [5.41, 5.74) is 0. The lowest BCUT2D eigenvalue weighted by Gasteiger charge is -2.17. The van der Waals surface area contributed by atoms with Crippen LogP contribution in [0, 0.1) is 0 Å². The first-order valence-corrected chi connectivity index (χ1v) is 2.81. The highest BCUT2D eigenvalue weighted by atomic mass is 35.5. The molecule has 3 heteroatoms. The molecule has 0 fully saturated rings. The van der Waals surface area contributed by atoms with Crippen molar-refractivity contribution in [2.24, 2.45) is 0 Å². The summed E-state index contributed by atoms with van der Waals surface area (Å²) in [5, 5.41) is -0.235. The van der Waals surface area contributed by atoms with Gasteiger partial charge in [0.05, 0.1) is 7.85 Å². The number of hydrogen-bond donors (Lipinski definition) is 0. The van der Waals surface area contributed by atoms with Crippen LogP contribution in [-0.2, 0) is 0 Å². The third-order valence-corrected chi connectivity index (χ3v) is 1.59. The molecule has 38 valence electrons. The molecule has 0 bridgehead atoms. The van der Waals surface area contributed by atoms with Gasteiger partial charge in [0.15, 0.2) is 0 Å². The molecule has 0 aliphatic heterocycles. The van der Waals surface area contributed by atoms with Crippen LogP contribution in [0.4, 0.5) is 0 Å². The minimum Gasteiger partial charge on any atom is -0.196 e. The highest BCUT2D eigenvalue weighted by Crippen LogP contribution is 2.24. The molecule has 0 rings (SSSR count). The molecule has 0 unspecified atom stereocenters. The molecule has 0 saturated carbocycles. The van der Waals surface area contributed by atoms with Gasteiger partial charge in [-0.05, 0) is 0 Å². The number of halogens is 1. The molecule has 2 radical (unpaired) electrons. The highest BCUT2D eigenvalue weighted by Gasteiger charge is 2.20. The van der Waals surface area contributed by atoms with E-state index in [4.69, 9.17) is 19.3 Å². The van der Waals surface area contributed by atoms with Crippen LogP contribution in [0.15, 0.2) is 0 Å². The molecular weight excluding hydrogens is 105 g/mol. The van der Waals surface area contributed by atoms with Gasteiger partial charge in [-0.2, -0.15) is 11.5 Å². The normalized spacial score (nSPS) is 11.4. The largest absolute Gasteiger partial charge is 0.244 e. The van der Waals surface area contributed by atoms with Crippen molar-refractivity contribution in [3.05, 3.63) is 0 Å². The average Bonchev–Trinajstić information content (AvgIpc) is 1.31. The van der Waals surface area contributed by atoms with Crippen molar-refractivity contribution in [1.82, 2.24) is 0 Å². The van der Waals surface area contributed by atoms with Crippen molar-refractivity contribution >= 4 is 25.4 Å². The Morgan fingerprint density at radius 1 is 1.57 bits per heavy atom. The molecule has 0 aliphatic carbocycles. The van der Waals surface area contributed by atoms with Crippen molar-refractivity contribution in [2.45, 2.75) is 25.9 Å². The first-order chi connectivity index (χ1) is 2.94. The quantitative estimate of drug-likeness (QED) is 0.456. The Hall–Kier alpha value is 0.420. The second-order valence-corrected chi connectivity index (χ2v) is 3.09. The SMILES string of the molecule is [B]C(C)(C)B(C)Cl. The Kier molecular flexibility index (Phi) is 2.25. The van der Waals surface area contributed by atoms with Crippen molar-refractivity contribution in [2.75, 3.05) is 0 Å². The fourth-order valence-corrected chi connectivity index (χ4v) is 0. The summed E-state index contributed by atoms with van der Waals surface area (Å²) in [6, 6.07) is 0. The summed E-state index contributed by atoms with van der Waals surface area (Å²) >= 11 is 5.63. The van der Waals surface area contributed by atoms with Crippen molar-refractivity contribution < 1.29 is 0 Å². The lowest BCUT2D eigenvalue weighted by Crippen LogP contribution is -2.18. The van der Waals surface area contributed by atoms with Crippen LogP contribution >= 0.6 is 11.5 Å². The van der Waals surface area contributed by atoms with Crippen molar-refractivity contribution in [1.29, 1.82) is 0 Å². The molecule has 0 amide bonds. The van der Waals surface area contributed by atoms with Crippen LogP contribution in [0.1, 0.15) is 13.8 Å². The molecule has 7 heavy (non-hydrogen) atoms. The molecular formula is C4H9B2Cl. The molecule has 0 N–H and O–H groups in total. The summed E-state index contributed by atoms with van der Waals surface area (Å²) in [7, 11) is 5.55. The number of hydrogen-bond acceptors (Lipinski definition) is 0. The van der Waals surface area contributed by atoms with Gasteiger partial charge in [0, 0.05) is 0 Å². The Morgan fingerprint density at radius 3 is 1.71 bits per heavy atom. The molecule has 0 aromatic rings. The van der Waals surface area contributed by atoms with E-state index in [1.165, 1.54) is 0 Å². The first kappa shape index (κ1) is 7.42. The van der Waals surface area contributed by atoms with E-state index in [0.29, 0.717) is 0 Å². The summed E-state index contributed by atoms with van der Waals surface area (Å²) in [6.07, 6.45) is 0.0486. The summed E-state index contributed by atoms with van der Waals surface area (Å²) in [5.74, 6) is 0. The van der Waals surface area contributed by atoms with Crippen LogP contribution < -0.4 is 0 Å². The molecule has 0 spiro atoms. The third-order valence-electron chi connectivity index (χ3n) is 1.03. The Balaban J connectivity index is 3.54. The lowest BCUT2D eigenvalue weighted by atomic mass is 9.44. The monoisotopic (exact) mass is 114 g/mol. The molecule has 0 aromatic carbocycles. The molecule has 0 aliphatic rings. The molecule has 0 nitrogen and oxygen atoms in total. The van der Waals surface area contributed by atoms with E-state index in [9.17, 15) is 0 Å². The Labute approximate surface area is 52.0 Å². The zero-order valence-corrected chi connectivity index (χ0v) is 5.79. The summed E-state index contributed by atoms with van der Waals surface area (Å²) < 4.78 is 0. The molecule has 0 atom stereocenters. The van der Waals surface area contributed by atoms with E-state index in [2.05, 4.69) is 0 Å². The van der Waals surface area contributed by atoms with Gasteiger partial charge in [0.25, 0.3) is 0 Å². The van der Waals surface area contributed by atoms with E-state index in [-0.39, 0.29) is 11.3 Å². The van der Waals surface area contributed by atoms with Gasteiger partial charge in [-0.15, -0.1) is 0 Å². The van der Waals surface area contributed by atoms with E-state index in [0.717, 1.165) is 0 Å². The van der Waals surface area contributed by atoms with Gasteiger partial charge in [-0.1, -0.05) is 25.9 Å². The van der Waals surface area contributed by atoms with Gasteiger partial charge < -0.3 is 0 Å². The Bertz CT molecular complexity index is 55.2. The minimum atomic E-state index is -0.235. The number of rotatable bonds is 1. The highest BCUT2D eigenvalue weighted by molar-refractivity contribution is 7.10. The molecule has 0 heterocycles. The van der Waals surface area contributed by atoms with Gasteiger partial charge in [-0.3, -0.25) is 0 Å². The van der Waals surface area contributed by atoms with Crippen LogP contribution in [0.3, 0.4) is 0 Å². The standard InChI is InChI=1S/C4H9B2Cl/c1-4(2,5)6(3)7/h1-3H3. The maximum atomic E-state index is 5.63. The third kappa shape index (κ3) is 3.04. The Morgan fingerprint density at radius 2 is 1.71 bits per heavy atom. The van der Waals surface area contributed by atoms with Crippen molar-refractivity contribution in [3.63, 3.8) is 0 Å². The maximum Gasteiger partial charge on any atom is 0.244 e. The molecule has 0 saturated heterocycles. The topological polar surface area (TPSA) is 0 Å². The second kappa shape index (κ2) is 2.13. The van der Waals surface area contributed by atoms with Gasteiger partial charge >= 0.3 is 0 Å². The van der Waals surface area contributed by atoms with Crippen LogP contribution in [-0.4, -0.2) is 14.0 Å². The maximum absolute atomic E-state index is 5.63. The van der Waals surface area contributed by atoms with E-state index < -0.39 is 0 Å². The lowest BCUT2D eigenvalue weighted by molar-refractivity contribution is 0.950. The predicted octanol–water partition coefficient (Wildman–Crippen LogP) is 1.75. The predicted molar refractivity (Wildman–Crippen MR) is 37.3 cm³/mol.